The van der Waals surface area contributed by atoms with Crippen LogP contribution in [0.1, 0.15) is 0 Å². The molecule has 280 valence electrons. The second-order valence-corrected chi connectivity index (χ2v) is 15.6. The normalized spacial score (nSPS) is 11.7. The van der Waals surface area contributed by atoms with Gasteiger partial charge in [-0.05, 0) is 114 Å². The lowest BCUT2D eigenvalue weighted by atomic mass is 9.93. The number of rotatable bonds is 6. The van der Waals surface area contributed by atoms with Crippen LogP contribution >= 0.6 is 0 Å². The van der Waals surface area contributed by atoms with E-state index in [4.69, 9.17) is 4.42 Å². The summed E-state index contributed by atoms with van der Waals surface area (Å²) in [5.74, 6) is 0. The predicted octanol–water partition coefficient (Wildman–Crippen LogP) is 16.7. The van der Waals surface area contributed by atoms with Crippen LogP contribution in [0.4, 0.5) is 17.1 Å². The monoisotopic (exact) mass is 763 g/mol. The number of hydrogen-bond donors (Lipinski definition) is 0. The van der Waals surface area contributed by atoms with Crippen molar-refractivity contribution in [3.05, 3.63) is 224 Å². The van der Waals surface area contributed by atoms with Gasteiger partial charge in [0.05, 0.1) is 5.69 Å². The van der Waals surface area contributed by atoms with Gasteiger partial charge in [0.25, 0.3) is 0 Å². The number of furan rings is 1. The maximum Gasteiger partial charge on any atom is 0.143 e. The van der Waals surface area contributed by atoms with Crippen molar-refractivity contribution in [2.45, 2.75) is 0 Å². The van der Waals surface area contributed by atoms with Crippen LogP contribution < -0.4 is 4.90 Å². The van der Waals surface area contributed by atoms with E-state index in [1.54, 1.807) is 0 Å². The lowest BCUT2D eigenvalue weighted by Gasteiger charge is -2.28. The maximum atomic E-state index is 6.68. The van der Waals surface area contributed by atoms with Crippen LogP contribution in [0.2, 0.25) is 0 Å². The first-order chi connectivity index (χ1) is 29.8. The molecule has 0 aliphatic rings. The lowest BCUT2D eigenvalue weighted by Crippen LogP contribution is -2.11. The highest BCUT2D eigenvalue weighted by Gasteiger charge is 2.21. The van der Waals surface area contributed by atoms with Crippen molar-refractivity contribution in [1.29, 1.82) is 0 Å². The van der Waals surface area contributed by atoms with Crippen molar-refractivity contribution in [3.63, 3.8) is 0 Å². The topological polar surface area (TPSA) is 16.4 Å². The molecule has 12 aromatic rings. The van der Waals surface area contributed by atoms with E-state index in [9.17, 15) is 0 Å². The zero-order valence-corrected chi connectivity index (χ0v) is 32.7. The van der Waals surface area contributed by atoms with E-state index < -0.39 is 0 Å². The fraction of sp³-hybridized carbons (Fsp3) is 0. The van der Waals surface area contributed by atoms with Gasteiger partial charge in [-0.15, -0.1) is 0 Å². The molecule has 0 unspecified atom stereocenters. The van der Waals surface area contributed by atoms with Gasteiger partial charge in [0.1, 0.15) is 11.2 Å². The molecule has 0 N–H and O–H groups in total. The number of anilines is 3. The molecule has 0 aliphatic carbocycles. The first-order valence-corrected chi connectivity index (χ1v) is 20.6. The molecule has 2 heteroatoms. The van der Waals surface area contributed by atoms with Gasteiger partial charge in [0, 0.05) is 33.1 Å². The summed E-state index contributed by atoms with van der Waals surface area (Å²) in [5.41, 5.74) is 12.1. The van der Waals surface area contributed by atoms with Crippen molar-refractivity contribution in [1.82, 2.24) is 0 Å². The van der Waals surface area contributed by atoms with Crippen LogP contribution in [-0.4, -0.2) is 0 Å². The number of hydrogen-bond acceptors (Lipinski definition) is 2. The van der Waals surface area contributed by atoms with E-state index in [0.29, 0.717) is 0 Å². The molecule has 0 saturated heterocycles. The minimum absolute atomic E-state index is 0.881. The summed E-state index contributed by atoms with van der Waals surface area (Å²) in [5, 5.41) is 12.1. The van der Waals surface area contributed by atoms with E-state index in [1.807, 2.05) is 0 Å². The van der Waals surface area contributed by atoms with Gasteiger partial charge in [-0.2, -0.15) is 0 Å². The molecular formula is C58H37NO. The Hall–Kier alpha value is -7.94. The summed E-state index contributed by atoms with van der Waals surface area (Å²) in [6, 6.07) is 81.2. The van der Waals surface area contributed by atoms with Crippen molar-refractivity contribution in [2.24, 2.45) is 0 Å². The maximum absolute atomic E-state index is 6.68. The molecule has 0 fully saturated rings. The fourth-order valence-electron chi connectivity index (χ4n) is 9.45. The molecule has 0 spiro atoms. The standard InChI is InChI=1S/C58H37NO/c1-4-17-45-38(13-1)16-11-23-46(45)40-27-32-43(33-28-40)59(44-34-29-41(30-35-44)54-37-42-15-3-5-18-47(42)49-20-7-8-21-50(49)54)55-25-10-9-22-51(55)52-24-12-26-56-57(52)53-36-31-39-14-2-6-19-48(39)58(53)60-56/h1-37H. The number of nitrogens with zero attached hydrogens (tertiary/aromatic N) is 1. The molecule has 12 rings (SSSR count). The Balaban J connectivity index is 1.04. The third-order valence-electron chi connectivity index (χ3n) is 12.3. The van der Waals surface area contributed by atoms with Gasteiger partial charge in [-0.3, -0.25) is 0 Å². The molecule has 2 nitrogen and oxygen atoms in total. The Morgan fingerprint density at radius 2 is 0.833 bits per heavy atom. The summed E-state index contributed by atoms with van der Waals surface area (Å²) in [6.45, 7) is 0. The molecule has 0 atom stereocenters. The first kappa shape index (κ1) is 34.1. The minimum Gasteiger partial charge on any atom is -0.455 e. The molecule has 0 radical (unpaired) electrons. The van der Waals surface area contributed by atoms with Gasteiger partial charge in [-0.1, -0.05) is 176 Å². The van der Waals surface area contributed by atoms with Crippen molar-refractivity contribution in [2.75, 3.05) is 4.90 Å². The average Bonchev–Trinajstić information content (AvgIpc) is 3.72. The number of fused-ring (bicyclic) bond motifs is 9. The fourth-order valence-corrected chi connectivity index (χ4v) is 9.45. The summed E-state index contributed by atoms with van der Waals surface area (Å²) >= 11 is 0. The van der Waals surface area contributed by atoms with Crippen LogP contribution in [0.3, 0.4) is 0 Å². The van der Waals surface area contributed by atoms with E-state index >= 15 is 0 Å². The van der Waals surface area contributed by atoms with Crippen molar-refractivity contribution < 1.29 is 4.42 Å². The number of para-hydroxylation sites is 1. The largest absolute Gasteiger partial charge is 0.455 e. The molecular weight excluding hydrogens is 727 g/mol. The molecule has 0 aliphatic heterocycles. The lowest BCUT2D eigenvalue weighted by molar-refractivity contribution is 0.673. The SMILES string of the molecule is c1ccc(N(c2ccc(-c3cccc4ccccc34)cc2)c2ccc(-c3cc4ccccc4c4ccccc34)cc2)c(-c2cccc3oc4c5ccccc5ccc4c23)c1. The van der Waals surface area contributed by atoms with E-state index in [1.165, 1.54) is 60.0 Å². The zero-order valence-electron chi connectivity index (χ0n) is 32.7. The Bertz CT molecular complexity index is 3590. The quantitative estimate of drug-likeness (QED) is 0.157. The highest BCUT2D eigenvalue weighted by Crippen LogP contribution is 2.46. The predicted molar refractivity (Wildman–Crippen MR) is 255 cm³/mol. The Morgan fingerprint density at radius 3 is 1.60 bits per heavy atom. The Morgan fingerprint density at radius 1 is 0.300 bits per heavy atom. The molecule has 60 heavy (non-hydrogen) atoms. The van der Waals surface area contributed by atoms with Gasteiger partial charge < -0.3 is 9.32 Å². The molecule has 0 saturated carbocycles. The van der Waals surface area contributed by atoms with Crippen LogP contribution in [0.15, 0.2) is 229 Å². The summed E-state index contributed by atoms with van der Waals surface area (Å²) in [4.78, 5) is 2.40. The third kappa shape index (κ3) is 5.50. The van der Waals surface area contributed by atoms with Crippen LogP contribution in [-0.2, 0) is 0 Å². The Kier molecular flexibility index (Phi) is 7.89. The molecule has 11 aromatic carbocycles. The highest BCUT2D eigenvalue weighted by molar-refractivity contribution is 6.20. The molecule has 1 aromatic heterocycles. The average molecular weight is 764 g/mol. The van der Waals surface area contributed by atoms with Crippen LogP contribution in [0.25, 0.3) is 98.4 Å². The van der Waals surface area contributed by atoms with E-state index in [-0.39, 0.29) is 0 Å². The summed E-state index contributed by atoms with van der Waals surface area (Å²) in [7, 11) is 0. The smallest absolute Gasteiger partial charge is 0.143 e. The first-order valence-electron chi connectivity index (χ1n) is 20.6. The van der Waals surface area contributed by atoms with Crippen LogP contribution in [0, 0.1) is 0 Å². The minimum atomic E-state index is 0.881. The van der Waals surface area contributed by atoms with Gasteiger partial charge in [0.2, 0.25) is 0 Å². The molecule has 0 bridgehead atoms. The Labute approximate surface area is 347 Å². The van der Waals surface area contributed by atoms with Gasteiger partial charge >= 0.3 is 0 Å². The van der Waals surface area contributed by atoms with E-state index in [2.05, 4.69) is 229 Å². The zero-order chi connectivity index (χ0) is 39.6. The number of benzene rings is 11. The highest BCUT2D eigenvalue weighted by atomic mass is 16.3. The van der Waals surface area contributed by atoms with Crippen LogP contribution in [0.5, 0.6) is 0 Å². The summed E-state index contributed by atoms with van der Waals surface area (Å²) < 4.78 is 6.68. The second kappa shape index (κ2) is 13.9. The van der Waals surface area contributed by atoms with E-state index in [0.717, 1.165) is 55.5 Å². The molecule has 0 amide bonds. The van der Waals surface area contributed by atoms with Gasteiger partial charge in [0.15, 0.2) is 0 Å². The van der Waals surface area contributed by atoms with Gasteiger partial charge in [-0.25, -0.2) is 0 Å². The second-order valence-electron chi connectivity index (χ2n) is 15.6. The third-order valence-corrected chi connectivity index (χ3v) is 12.3. The summed E-state index contributed by atoms with van der Waals surface area (Å²) in [6.07, 6.45) is 0. The van der Waals surface area contributed by atoms with Crippen molar-refractivity contribution in [3.8, 4) is 33.4 Å². The molecule has 1 heterocycles. The van der Waals surface area contributed by atoms with Crippen molar-refractivity contribution >= 4 is 82.1 Å².